The number of hydrogen-bond acceptors (Lipinski definition) is 3. The Morgan fingerprint density at radius 3 is 1.43 bits per heavy atom. The number of ether oxygens (including phenoxy) is 1. The van der Waals surface area contributed by atoms with Crippen LogP contribution in [0.3, 0.4) is 0 Å². The Kier molecular flexibility index (Phi) is 7.47. The van der Waals surface area contributed by atoms with Gasteiger partial charge in [-0.05, 0) is 93.3 Å². The summed E-state index contributed by atoms with van der Waals surface area (Å²) in [5.74, 6) is 0.140. The van der Waals surface area contributed by atoms with E-state index in [1.165, 1.54) is 22.3 Å². The fourth-order valence-electron chi connectivity index (χ4n) is 3.85. The highest BCUT2D eigenvalue weighted by atomic mass is 16.5. The minimum atomic E-state index is -0.400. The van der Waals surface area contributed by atoms with Crippen molar-refractivity contribution in [2.45, 2.75) is 33.6 Å². The Morgan fingerprint density at radius 2 is 1.03 bits per heavy atom. The van der Waals surface area contributed by atoms with Gasteiger partial charge in [-0.1, -0.05) is 66.2 Å². The standard InChI is InChI=1S/C32H31NO2/c1-23(2)32(34)35-31-21-13-27(14-22-31)10-9-26-11-19-30(20-12-26)33(28-15-5-24(3)6-16-28)29-17-7-25(4)8-18-29/h5-8,11-22H,1,9-10H2,2-4H3. The summed E-state index contributed by atoms with van der Waals surface area (Å²) in [7, 11) is 0. The van der Waals surface area contributed by atoms with Crippen molar-refractivity contribution in [1.29, 1.82) is 0 Å². The molecule has 0 amide bonds. The lowest BCUT2D eigenvalue weighted by Gasteiger charge is -2.26. The highest BCUT2D eigenvalue weighted by Crippen LogP contribution is 2.34. The van der Waals surface area contributed by atoms with Crippen LogP contribution in [0.4, 0.5) is 17.1 Å². The zero-order valence-electron chi connectivity index (χ0n) is 20.6. The van der Waals surface area contributed by atoms with Gasteiger partial charge in [0, 0.05) is 22.6 Å². The van der Waals surface area contributed by atoms with Crippen LogP contribution in [-0.4, -0.2) is 5.97 Å². The first kappa shape index (κ1) is 24.0. The second-order valence-corrected chi connectivity index (χ2v) is 8.99. The van der Waals surface area contributed by atoms with Crippen molar-refractivity contribution in [3.63, 3.8) is 0 Å². The Labute approximate surface area is 208 Å². The molecule has 0 fully saturated rings. The van der Waals surface area contributed by atoms with Gasteiger partial charge >= 0.3 is 5.97 Å². The number of hydrogen-bond donors (Lipinski definition) is 0. The van der Waals surface area contributed by atoms with E-state index in [1.807, 2.05) is 24.3 Å². The highest BCUT2D eigenvalue weighted by Gasteiger charge is 2.12. The van der Waals surface area contributed by atoms with Crippen molar-refractivity contribution in [3.8, 4) is 5.75 Å². The van der Waals surface area contributed by atoms with Crippen molar-refractivity contribution in [1.82, 2.24) is 0 Å². The number of aryl methyl sites for hydroxylation is 4. The van der Waals surface area contributed by atoms with Crippen LogP contribution < -0.4 is 9.64 Å². The van der Waals surface area contributed by atoms with E-state index in [9.17, 15) is 4.79 Å². The number of carbonyl (C=O) groups is 1. The molecule has 0 heterocycles. The molecule has 4 aromatic carbocycles. The van der Waals surface area contributed by atoms with E-state index in [1.54, 1.807) is 6.92 Å². The molecule has 0 unspecified atom stereocenters. The van der Waals surface area contributed by atoms with Gasteiger partial charge in [-0.15, -0.1) is 0 Å². The largest absolute Gasteiger partial charge is 0.423 e. The third-order valence-electron chi connectivity index (χ3n) is 5.96. The summed E-state index contributed by atoms with van der Waals surface area (Å²) < 4.78 is 5.27. The molecular formula is C32H31NO2. The lowest BCUT2D eigenvalue weighted by Crippen LogP contribution is -2.10. The molecule has 0 radical (unpaired) electrons. The third-order valence-corrected chi connectivity index (χ3v) is 5.96. The minimum Gasteiger partial charge on any atom is -0.423 e. The molecule has 0 saturated heterocycles. The normalized spacial score (nSPS) is 10.6. The molecule has 4 aromatic rings. The van der Waals surface area contributed by atoms with E-state index in [0.29, 0.717) is 11.3 Å². The van der Waals surface area contributed by atoms with E-state index in [2.05, 4.69) is 98.1 Å². The van der Waals surface area contributed by atoms with Gasteiger partial charge in [0.2, 0.25) is 0 Å². The van der Waals surface area contributed by atoms with Crippen LogP contribution in [-0.2, 0) is 17.6 Å². The van der Waals surface area contributed by atoms with E-state index in [-0.39, 0.29) is 0 Å². The first-order valence-electron chi connectivity index (χ1n) is 11.9. The minimum absolute atomic E-state index is 0.390. The maximum absolute atomic E-state index is 11.7. The van der Waals surface area contributed by atoms with Crippen molar-refractivity contribution < 1.29 is 9.53 Å². The van der Waals surface area contributed by atoms with Gasteiger partial charge in [-0.2, -0.15) is 0 Å². The molecule has 35 heavy (non-hydrogen) atoms. The molecule has 0 aliphatic rings. The van der Waals surface area contributed by atoms with Crippen LogP contribution in [0.15, 0.2) is 109 Å². The van der Waals surface area contributed by atoms with Gasteiger partial charge in [-0.3, -0.25) is 0 Å². The monoisotopic (exact) mass is 461 g/mol. The maximum atomic E-state index is 11.7. The molecule has 0 N–H and O–H groups in total. The average Bonchev–Trinajstić information content (AvgIpc) is 2.87. The number of rotatable bonds is 8. The molecule has 3 nitrogen and oxygen atoms in total. The number of nitrogens with zero attached hydrogens (tertiary/aromatic N) is 1. The second kappa shape index (κ2) is 10.9. The van der Waals surface area contributed by atoms with Crippen LogP contribution in [0.1, 0.15) is 29.2 Å². The molecule has 0 saturated carbocycles. The Morgan fingerprint density at radius 1 is 0.657 bits per heavy atom. The summed E-state index contributed by atoms with van der Waals surface area (Å²) in [6.07, 6.45) is 1.84. The Hall–Kier alpha value is -4.11. The zero-order valence-corrected chi connectivity index (χ0v) is 20.6. The van der Waals surface area contributed by atoms with Crippen molar-refractivity contribution in [2.24, 2.45) is 0 Å². The fraction of sp³-hybridized carbons (Fsp3) is 0.156. The summed E-state index contributed by atoms with van der Waals surface area (Å²) in [5, 5.41) is 0. The first-order valence-corrected chi connectivity index (χ1v) is 11.9. The number of anilines is 3. The van der Waals surface area contributed by atoms with Crippen molar-refractivity contribution in [2.75, 3.05) is 4.90 Å². The Balaban J connectivity index is 1.47. The van der Waals surface area contributed by atoms with Crippen molar-refractivity contribution >= 4 is 23.0 Å². The zero-order chi connectivity index (χ0) is 24.8. The quantitative estimate of drug-likeness (QED) is 0.151. The molecule has 0 aromatic heterocycles. The molecule has 0 bridgehead atoms. The molecule has 0 atom stereocenters. The average molecular weight is 462 g/mol. The molecule has 0 aliphatic heterocycles. The smallest absolute Gasteiger partial charge is 0.338 e. The SMILES string of the molecule is C=C(C)C(=O)Oc1ccc(CCc2ccc(N(c3ccc(C)cc3)c3ccc(C)cc3)cc2)cc1. The number of carbonyl (C=O) groups excluding carboxylic acids is 1. The van der Waals surface area contributed by atoms with Gasteiger partial charge in [0.25, 0.3) is 0 Å². The molecule has 0 spiro atoms. The van der Waals surface area contributed by atoms with E-state index < -0.39 is 5.97 Å². The molecule has 0 aliphatic carbocycles. The summed E-state index contributed by atoms with van der Waals surface area (Å²) in [4.78, 5) is 14.0. The summed E-state index contributed by atoms with van der Waals surface area (Å²) in [5.41, 5.74) is 8.76. The van der Waals surface area contributed by atoms with E-state index >= 15 is 0 Å². The van der Waals surface area contributed by atoms with Crippen LogP contribution in [0, 0.1) is 13.8 Å². The molecule has 3 heteroatoms. The van der Waals surface area contributed by atoms with Gasteiger partial charge < -0.3 is 9.64 Å². The summed E-state index contributed by atoms with van der Waals surface area (Å²) >= 11 is 0. The topological polar surface area (TPSA) is 29.5 Å². The van der Waals surface area contributed by atoms with Gasteiger partial charge in [0.1, 0.15) is 5.75 Å². The Bertz CT molecular complexity index is 1240. The van der Waals surface area contributed by atoms with Crippen LogP contribution >= 0.6 is 0 Å². The molecule has 176 valence electrons. The number of esters is 1. The predicted octanol–water partition coefficient (Wildman–Crippen LogP) is 8.04. The molecular weight excluding hydrogens is 430 g/mol. The summed E-state index contributed by atoms with van der Waals surface area (Å²) in [6, 6.07) is 33.7. The first-order chi connectivity index (χ1) is 16.9. The van der Waals surface area contributed by atoms with E-state index in [0.717, 1.165) is 29.9 Å². The maximum Gasteiger partial charge on any atom is 0.338 e. The van der Waals surface area contributed by atoms with Crippen LogP contribution in [0.25, 0.3) is 0 Å². The number of benzene rings is 4. The lowest BCUT2D eigenvalue weighted by molar-refractivity contribution is -0.130. The van der Waals surface area contributed by atoms with E-state index in [4.69, 9.17) is 4.74 Å². The van der Waals surface area contributed by atoms with Gasteiger partial charge in [-0.25, -0.2) is 4.79 Å². The fourth-order valence-corrected chi connectivity index (χ4v) is 3.85. The van der Waals surface area contributed by atoms with Crippen molar-refractivity contribution in [3.05, 3.63) is 131 Å². The summed E-state index contributed by atoms with van der Waals surface area (Å²) in [6.45, 7) is 9.47. The van der Waals surface area contributed by atoms with Crippen LogP contribution in [0.2, 0.25) is 0 Å². The predicted molar refractivity (Wildman–Crippen MR) is 145 cm³/mol. The van der Waals surface area contributed by atoms with Gasteiger partial charge in [0.15, 0.2) is 0 Å². The van der Waals surface area contributed by atoms with Crippen LogP contribution in [0.5, 0.6) is 5.75 Å². The second-order valence-electron chi connectivity index (χ2n) is 8.99. The third kappa shape index (κ3) is 6.27. The lowest BCUT2D eigenvalue weighted by atomic mass is 10.0. The highest BCUT2D eigenvalue weighted by molar-refractivity contribution is 5.88. The molecule has 4 rings (SSSR count). The van der Waals surface area contributed by atoms with Gasteiger partial charge in [0.05, 0.1) is 0 Å².